The van der Waals surface area contributed by atoms with Crippen LogP contribution in [0.3, 0.4) is 0 Å². The zero-order chi connectivity index (χ0) is 9.64. The third-order valence-electron chi connectivity index (χ3n) is 1.81. The van der Waals surface area contributed by atoms with Crippen molar-refractivity contribution < 1.29 is 4.42 Å². The van der Waals surface area contributed by atoms with Crippen LogP contribution in [-0.4, -0.2) is 9.97 Å². The summed E-state index contributed by atoms with van der Waals surface area (Å²) in [5.74, 6) is 0. The molecule has 70 valence electrons. The van der Waals surface area contributed by atoms with Crippen molar-refractivity contribution in [2.24, 2.45) is 0 Å². The molecular weight excluding hydrogens is 176 g/mol. The Balaban J connectivity index is 0.000000128. The highest BCUT2D eigenvalue weighted by atomic mass is 16.3. The number of hydrogen-bond acceptors (Lipinski definition) is 2. The van der Waals surface area contributed by atoms with Crippen molar-refractivity contribution in [2.45, 2.75) is 0 Å². The minimum atomic E-state index is 1.21. The number of benzene rings is 1. The summed E-state index contributed by atoms with van der Waals surface area (Å²) < 4.78 is 4.47. The Morgan fingerprint density at radius 1 is 1.14 bits per heavy atom. The molecule has 1 aromatic carbocycles. The van der Waals surface area contributed by atoms with Crippen LogP contribution >= 0.6 is 0 Å². The van der Waals surface area contributed by atoms with Gasteiger partial charge in [0, 0.05) is 11.7 Å². The van der Waals surface area contributed by atoms with Crippen LogP contribution in [0.5, 0.6) is 0 Å². The van der Waals surface area contributed by atoms with Crippen LogP contribution < -0.4 is 0 Å². The smallest absolute Gasteiger partial charge is 0.180 e. The molecule has 1 N–H and O–H groups in total. The Labute approximate surface area is 81.4 Å². The molecule has 3 heteroatoms. The minimum Gasteiger partial charge on any atom is -0.452 e. The van der Waals surface area contributed by atoms with Crippen LogP contribution in [0, 0.1) is 0 Å². The topological polar surface area (TPSA) is 41.8 Å². The van der Waals surface area contributed by atoms with E-state index in [-0.39, 0.29) is 0 Å². The van der Waals surface area contributed by atoms with Gasteiger partial charge in [-0.05, 0) is 17.5 Å². The third kappa shape index (κ3) is 2.01. The Bertz CT molecular complexity index is 423. The van der Waals surface area contributed by atoms with Gasteiger partial charge in [0.15, 0.2) is 6.39 Å². The van der Waals surface area contributed by atoms with E-state index in [1.165, 1.54) is 23.6 Å². The SMILES string of the molecule is c1ccc2[nH]ccc2c1.c1cocn1. The summed E-state index contributed by atoms with van der Waals surface area (Å²) in [4.78, 5) is 6.68. The van der Waals surface area contributed by atoms with Crippen molar-refractivity contribution in [1.82, 2.24) is 9.97 Å². The lowest BCUT2D eigenvalue weighted by Crippen LogP contribution is -1.61. The van der Waals surface area contributed by atoms with Crippen LogP contribution in [0.2, 0.25) is 0 Å². The maximum Gasteiger partial charge on any atom is 0.180 e. The van der Waals surface area contributed by atoms with Gasteiger partial charge >= 0.3 is 0 Å². The van der Waals surface area contributed by atoms with Gasteiger partial charge < -0.3 is 9.40 Å². The molecule has 0 saturated carbocycles. The van der Waals surface area contributed by atoms with Crippen LogP contribution in [0.15, 0.2) is 59.8 Å². The highest BCUT2D eigenvalue weighted by Crippen LogP contribution is 2.09. The molecule has 3 rings (SSSR count). The van der Waals surface area contributed by atoms with E-state index in [0.29, 0.717) is 0 Å². The number of rotatable bonds is 0. The van der Waals surface area contributed by atoms with E-state index in [4.69, 9.17) is 0 Å². The number of para-hydroxylation sites is 1. The molecule has 0 aliphatic heterocycles. The molecule has 0 aliphatic carbocycles. The maximum atomic E-state index is 4.47. The summed E-state index contributed by atoms with van der Waals surface area (Å²) in [7, 11) is 0. The van der Waals surface area contributed by atoms with Gasteiger partial charge in [-0.1, -0.05) is 18.2 Å². The molecule has 0 radical (unpaired) electrons. The molecule has 0 saturated heterocycles. The van der Waals surface area contributed by atoms with Gasteiger partial charge in [-0.25, -0.2) is 4.98 Å². The third-order valence-corrected chi connectivity index (χ3v) is 1.81. The lowest BCUT2D eigenvalue weighted by atomic mass is 10.3. The lowest BCUT2D eigenvalue weighted by Gasteiger charge is -1.83. The Kier molecular flexibility index (Phi) is 2.62. The van der Waals surface area contributed by atoms with E-state index in [2.05, 4.69) is 32.6 Å². The van der Waals surface area contributed by atoms with Gasteiger partial charge in [-0.2, -0.15) is 0 Å². The van der Waals surface area contributed by atoms with Crippen LogP contribution in [0.1, 0.15) is 0 Å². The molecule has 0 aliphatic rings. The van der Waals surface area contributed by atoms with Gasteiger partial charge in [0.1, 0.15) is 6.26 Å². The number of aromatic amines is 1. The number of oxazole rings is 1. The highest BCUT2D eigenvalue weighted by molar-refractivity contribution is 5.78. The van der Waals surface area contributed by atoms with Gasteiger partial charge in [-0.15, -0.1) is 0 Å². The Hall–Kier alpha value is -2.03. The average Bonchev–Trinajstić information content (AvgIpc) is 2.92. The first-order chi connectivity index (χ1) is 6.97. The van der Waals surface area contributed by atoms with Crippen molar-refractivity contribution in [3.05, 3.63) is 55.4 Å². The predicted octanol–water partition coefficient (Wildman–Crippen LogP) is 2.84. The first-order valence-electron chi connectivity index (χ1n) is 4.31. The number of aromatic nitrogens is 2. The fourth-order valence-electron chi connectivity index (χ4n) is 1.17. The molecule has 0 unspecified atom stereocenters. The maximum absolute atomic E-state index is 4.47. The molecule has 0 bridgehead atoms. The molecule has 0 fully saturated rings. The van der Waals surface area contributed by atoms with Crippen molar-refractivity contribution in [3.8, 4) is 0 Å². The van der Waals surface area contributed by atoms with Gasteiger partial charge in [0.2, 0.25) is 0 Å². The fourth-order valence-corrected chi connectivity index (χ4v) is 1.17. The number of H-pyrrole nitrogens is 1. The Morgan fingerprint density at radius 3 is 2.71 bits per heavy atom. The van der Waals surface area contributed by atoms with Crippen molar-refractivity contribution in [3.63, 3.8) is 0 Å². The fraction of sp³-hybridized carbons (Fsp3) is 0. The lowest BCUT2D eigenvalue weighted by molar-refractivity contribution is 0.558. The Morgan fingerprint density at radius 2 is 2.07 bits per heavy atom. The van der Waals surface area contributed by atoms with E-state index < -0.39 is 0 Å². The van der Waals surface area contributed by atoms with Crippen molar-refractivity contribution in [2.75, 3.05) is 0 Å². The molecule has 3 nitrogen and oxygen atoms in total. The van der Waals surface area contributed by atoms with Crippen LogP contribution in [0.25, 0.3) is 10.9 Å². The summed E-state index contributed by atoms with van der Waals surface area (Å²) in [5.41, 5.74) is 1.21. The molecule has 3 aromatic rings. The van der Waals surface area contributed by atoms with Gasteiger partial charge in [0.05, 0.1) is 6.20 Å². The van der Waals surface area contributed by atoms with Gasteiger partial charge in [-0.3, -0.25) is 0 Å². The van der Waals surface area contributed by atoms with E-state index in [1.54, 1.807) is 6.20 Å². The molecule has 2 aromatic heterocycles. The normalized spacial score (nSPS) is 9.43. The number of nitrogens with zero attached hydrogens (tertiary/aromatic N) is 1. The summed E-state index contributed by atoms with van der Waals surface area (Å²) in [5, 5.41) is 1.28. The average molecular weight is 186 g/mol. The second-order valence-corrected chi connectivity index (χ2v) is 2.74. The van der Waals surface area contributed by atoms with E-state index in [1.807, 2.05) is 18.3 Å². The number of nitrogens with one attached hydrogen (secondary N) is 1. The minimum absolute atomic E-state index is 1.21. The van der Waals surface area contributed by atoms with E-state index >= 15 is 0 Å². The zero-order valence-corrected chi connectivity index (χ0v) is 7.55. The van der Waals surface area contributed by atoms with Crippen molar-refractivity contribution >= 4 is 10.9 Å². The predicted molar refractivity (Wildman–Crippen MR) is 54.8 cm³/mol. The van der Waals surface area contributed by atoms with E-state index in [9.17, 15) is 0 Å². The first kappa shape index (κ1) is 8.56. The molecule has 0 spiro atoms. The number of fused-ring (bicyclic) bond motifs is 1. The summed E-state index contributed by atoms with van der Waals surface area (Å²) in [6, 6.07) is 10.3. The second kappa shape index (κ2) is 4.28. The second-order valence-electron chi connectivity index (χ2n) is 2.74. The number of hydrogen-bond donors (Lipinski definition) is 1. The standard InChI is InChI=1S/C8H7N.C3H3NO/c1-2-4-8-7(3-1)5-6-9-8;1-2-5-3-4-1/h1-6,9H;1-3H. The largest absolute Gasteiger partial charge is 0.452 e. The van der Waals surface area contributed by atoms with Crippen LogP contribution in [0.4, 0.5) is 0 Å². The summed E-state index contributed by atoms with van der Waals surface area (Å²) >= 11 is 0. The van der Waals surface area contributed by atoms with E-state index in [0.717, 1.165) is 0 Å². The molecule has 14 heavy (non-hydrogen) atoms. The summed E-state index contributed by atoms with van der Waals surface area (Å²) in [6.45, 7) is 0. The van der Waals surface area contributed by atoms with Gasteiger partial charge in [0.25, 0.3) is 0 Å². The highest BCUT2D eigenvalue weighted by Gasteiger charge is 1.86. The van der Waals surface area contributed by atoms with Crippen molar-refractivity contribution in [1.29, 1.82) is 0 Å². The molecule has 2 heterocycles. The van der Waals surface area contributed by atoms with Crippen LogP contribution in [-0.2, 0) is 0 Å². The molecular formula is C11H10N2O. The quantitative estimate of drug-likeness (QED) is 0.586. The first-order valence-corrected chi connectivity index (χ1v) is 4.31. The monoisotopic (exact) mass is 186 g/mol. The zero-order valence-electron chi connectivity index (χ0n) is 7.55. The summed E-state index contributed by atoms with van der Waals surface area (Å²) in [6.07, 6.45) is 6.42. The molecule has 0 atom stereocenters. The molecule has 0 amide bonds.